The first-order chi connectivity index (χ1) is 9.70. The van der Waals surface area contributed by atoms with Crippen LogP contribution in [0.3, 0.4) is 0 Å². The molecule has 0 radical (unpaired) electrons. The standard InChI is InChI=1S/C13H18N4O2S/c1-9-7-10-12(16-8-17-13(10)20-9)15-4-3-11(18)14-5-6-19-2/h7-8H,3-6H2,1-2H3,(H,14,18)(H,15,16,17). The van der Waals surface area contributed by atoms with E-state index in [1.807, 2.05) is 6.92 Å². The molecule has 0 bridgehead atoms. The largest absolute Gasteiger partial charge is 0.383 e. The molecule has 0 spiro atoms. The van der Waals surface area contributed by atoms with Crippen LogP contribution < -0.4 is 10.6 Å². The molecule has 0 fully saturated rings. The molecule has 0 saturated carbocycles. The minimum absolute atomic E-state index is 0.00125. The highest BCUT2D eigenvalue weighted by Gasteiger charge is 2.07. The van der Waals surface area contributed by atoms with E-state index in [0.29, 0.717) is 26.1 Å². The van der Waals surface area contributed by atoms with Gasteiger partial charge in [-0.15, -0.1) is 11.3 Å². The zero-order chi connectivity index (χ0) is 14.4. The van der Waals surface area contributed by atoms with E-state index < -0.39 is 0 Å². The van der Waals surface area contributed by atoms with Gasteiger partial charge in [0.05, 0.1) is 12.0 Å². The van der Waals surface area contributed by atoms with E-state index >= 15 is 0 Å². The summed E-state index contributed by atoms with van der Waals surface area (Å²) >= 11 is 1.64. The molecule has 1 amide bonds. The Kier molecular flexibility index (Phi) is 5.25. The number of rotatable bonds is 7. The second-order valence-electron chi connectivity index (χ2n) is 4.32. The monoisotopic (exact) mass is 294 g/mol. The van der Waals surface area contributed by atoms with Crippen LogP contribution in [0.2, 0.25) is 0 Å². The van der Waals surface area contributed by atoms with Crippen molar-refractivity contribution < 1.29 is 9.53 Å². The number of aryl methyl sites for hydroxylation is 1. The average Bonchev–Trinajstić information content (AvgIpc) is 2.80. The first kappa shape index (κ1) is 14.7. The SMILES string of the molecule is COCCNC(=O)CCNc1ncnc2sc(C)cc12. The molecule has 0 saturated heterocycles. The molecule has 6 nitrogen and oxygen atoms in total. The lowest BCUT2D eigenvalue weighted by Gasteiger charge is -2.07. The zero-order valence-corrected chi connectivity index (χ0v) is 12.4. The molecule has 0 atom stereocenters. The van der Waals surface area contributed by atoms with Crippen LogP contribution in [-0.4, -0.2) is 42.7 Å². The summed E-state index contributed by atoms with van der Waals surface area (Å²) in [7, 11) is 1.61. The normalized spacial score (nSPS) is 10.7. The molecule has 0 aromatic carbocycles. The van der Waals surface area contributed by atoms with Crippen LogP contribution in [0.1, 0.15) is 11.3 Å². The number of hydrogen-bond acceptors (Lipinski definition) is 6. The quantitative estimate of drug-likeness (QED) is 0.758. The number of anilines is 1. The number of nitrogens with zero attached hydrogens (tertiary/aromatic N) is 2. The maximum atomic E-state index is 11.5. The van der Waals surface area contributed by atoms with E-state index in [4.69, 9.17) is 4.74 Å². The van der Waals surface area contributed by atoms with Crippen molar-refractivity contribution in [1.82, 2.24) is 15.3 Å². The number of aromatic nitrogens is 2. The Bertz CT molecular complexity index is 585. The molecule has 0 aliphatic rings. The van der Waals surface area contributed by atoms with Crippen LogP contribution in [0.15, 0.2) is 12.4 Å². The number of ether oxygens (including phenoxy) is 1. The lowest BCUT2D eigenvalue weighted by molar-refractivity contribution is -0.121. The summed E-state index contributed by atoms with van der Waals surface area (Å²) in [5.41, 5.74) is 0. The Morgan fingerprint density at radius 2 is 2.25 bits per heavy atom. The lowest BCUT2D eigenvalue weighted by atomic mass is 10.3. The van der Waals surface area contributed by atoms with Crippen molar-refractivity contribution in [3.05, 3.63) is 17.3 Å². The van der Waals surface area contributed by atoms with E-state index in [9.17, 15) is 4.79 Å². The number of nitrogens with one attached hydrogen (secondary N) is 2. The first-order valence-corrected chi connectivity index (χ1v) is 7.23. The number of fused-ring (bicyclic) bond motifs is 1. The van der Waals surface area contributed by atoms with Crippen molar-refractivity contribution in [3.8, 4) is 0 Å². The number of hydrogen-bond donors (Lipinski definition) is 2. The van der Waals surface area contributed by atoms with Crippen molar-refractivity contribution in [3.63, 3.8) is 0 Å². The summed E-state index contributed by atoms with van der Waals surface area (Å²) in [5.74, 6) is 0.783. The molecule has 0 aliphatic carbocycles. The summed E-state index contributed by atoms with van der Waals surface area (Å²) < 4.78 is 4.87. The predicted octanol–water partition coefficient (Wildman–Crippen LogP) is 1.56. The number of thiophene rings is 1. The van der Waals surface area contributed by atoms with Gasteiger partial charge in [-0.2, -0.15) is 0 Å². The molecule has 2 aromatic heterocycles. The van der Waals surface area contributed by atoms with Crippen molar-refractivity contribution in [2.24, 2.45) is 0 Å². The molecule has 7 heteroatoms. The molecule has 2 N–H and O–H groups in total. The molecule has 108 valence electrons. The van der Waals surface area contributed by atoms with Crippen molar-refractivity contribution in [2.75, 3.05) is 32.1 Å². The van der Waals surface area contributed by atoms with E-state index in [-0.39, 0.29) is 5.91 Å². The summed E-state index contributed by atoms with van der Waals surface area (Å²) in [6, 6.07) is 2.06. The highest BCUT2D eigenvalue weighted by Crippen LogP contribution is 2.27. The Balaban J connectivity index is 1.85. The Hall–Kier alpha value is -1.73. The number of amides is 1. The van der Waals surface area contributed by atoms with Gasteiger partial charge in [0.2, 0.25) is 5.91 Å². The maximum Gasteiger partial charge on any atom is 0.221 e. The highest BCUT2D eigenvalue weighted by molar-refractivity contribution is 7.18. The van der Waals surface area contributed by atoms with Crippen LogP contribution in [0.25, 0.3) is 10.2 Å². The second-order valence-corrected chi connectivity index (χ2v) is 5.55. The third kappa shape index (κ3) is 3.88. The Morgan fingerprint density at radius 3 is 3.05 bits per heavy atom. The lowest BCUT2D eigenvalue weighted by Crippen LogP contribution is -2.28. The first-order valence-electron chi connectivity index (χ1n) is 6.41. The van der Waals surface area contributed by atoms with Crippen molar-refractivity contribution in [2.45, 2.75) is 13.3 Å². The molecule has 2 heterocycles. The van der Waals surface area contributed by atoms with Crippen LogP contribution in [0, 0.1) is 6.92 Å². The summed E-state index contributed by atoms with van der Waals surface area (Å²) in [6.07, 6.45) is 1.94. The molecule has 2 rings (SSSR count). The summed E-state index contributed by atoms with van der Waals surface area (Å²) in [4.78, 5) is 22.2. The molecule has 20 heavy (non-hydrogen) atoms. The Labute approximate surface area is 121 Å². The van der Waals surface area contributed by atoms with Gasteiger partial charge in [-0.25, -0.2) is 9.97 Å². The number of carbonyl (C=O) groups excluding carboxylic acids is 1. The smallest absolute Gasteiger partial charge is 0.221 e. The van der Waals surface area contributed by atoms with E-state index in [1.54, 1.807) is 24.8 Å². The van der Waals surface area contributed by atoms with Gasteiger partial charge in [-0.1, -0.05) is 0 Å². The fraction of sp³-hybridized carbons (Fsp3) is 0.462. The third-order valence-corrected chi connectivity index (χ3v) is 3.68. The fourth-order valence-corrected chi connectivity index (χ4v) is 2.64. The molecule has 2 aromatic rings. The summed E-state index contributed by atoms with van der Waals surface area (Å²) in [5, 5.41) is 6.97. The van der Waals surface area contributed by atoms with E-state index in [0.717, 1.165) is 16.0 Å². The van der Waals surface area contributed by atoms with Crippen molar-refractivity contribution in [1.29, 1.82) is 0 Å². The predicted molar refractivity (Wildman–Crippen MR) is 80.1 cm³/mol. The van der Waals surface area contributed by atoms with Crippen LogP contribution in [0.4, 0.5) is 5.82 Å². The minimum Gasteiger partial charge on any atom is -0.383 e. The Morgan fingerprint density at radius 1 is 1.40 bits per heavy atom. The van der Waals surface area contributed by atoms with Crippen LogP contribution >= 0.6 is 11.3 Å². The van der Waals surface area contributed by atoms with Crippen LogP contribution in [-0.2, 0) is 9.53 Å². The number of carbonyl (C=O) groups is 1. The van der Waals surface area contributed by atoms with Gasteiger partial charge in [0.25, 0.3) is 0 Å². The summed E-state index contributed by atoms with van der Waals surface area (Å²) in [6.45, 7) is 3.65. The topological polar surface area (TPSA) is 76.1 Å². The van der Waals surface area contributed by atoms with E-state index in [2.05, 4.69) is 26.7 Å². The van der Waals surface area contributed by atoms with Gasteiger partial charge < -0.3 is 15.4 Å². The second kappa shape index (κ2) is 7.16. The molecular weight excluding hydrogens is 276 g/mol. The highest BCUT2D eigenvalue weighted by atomic mass is 32.1. The van der Waals surface area contributed by atoms with Crippen molar-refractivity contribution >= 4 is 33.3 Å². The van der Waals surface area contributed by atoms with Gasteiger partial charge in [-0.05, 0) is 13.0 Å². The van der Waals surface area contributed by atoms with Gasteiger partial charge in [-0.3, -0.25) is 4.79 Å². The molecule has 0 aliphatic heterocycles. The van der Waals surface area contributed by atoms with Gasteiger partial charge in [0.1, 0.15) is 17.0 Å². The van der Waals surface area contributed by atoms with Gasteiger partial charge >= 0.3 is 0 Å². The van der Waals surface area contributed by atoms with Gasteiger partial charge in [0, 0.05) is 31.5 Å². The molecular formula is C13H18N4O2S. The number of methoxy groups -OCH3 is 1. The average molecular weight is 294 g/mol. The third-order valence-electron chi connectivity index (χ3n) is 2.73. The minimum atomic E-state index is 0.00125. The fourth-order valence-electron chi connectivity index (χ4n) is 1.79. The maximum absolute atomic E-state index is 11.5. The van der Waals surface area contributed by atoms with Gasteiger partial charge in [0.15, 0.2) is 0 Å². The zero-order valence-electron chi connectivity index (χ0n) is 11.6. The molecule has 0 unspecified atom stereocenters. The van der Waals surface area contributed by atoms with Crippen LogP contribution in [0.5, 0.6) is 0 Å². The van der Waals surface area contributed by atoms with E-state index in [1.165, 1.54) is 4.88 Å².